The number of carbonyl (C=O) groups is 2. The molecule has 164 valence electrons. The van der Waals surface area contributed by atoms with Crippen molar-refractivity contribution in [2.24, 2.45) is 0 Å². The van der Waals surface area contributed by atoms with Crippen molar-refractivity contribution in [1.82, 2.24) is 9.78 Å². The molecule has 2 aromatic carbocycles. The van der Waals surface area contributed by atoms with E-state index in [1.54, 1.807) is 29.8 Å². The quantitative estimate of drug-likeness (QED) is 0.621. The van der Waals surface area contributed by atoms with E-state index in [0.717, 1.165) is 36.2 Å². The van der Waals surface area contributed by atoms with Crippen LogP contribution in [-0.2, 0) is 22.4 Å². The number of para-hydroxylation sites is 1. The van der Waals surface area contributed by atoms with Gasteiger partial charge in [-0.25, -0.2) is 9.48 Å². The van der Waals surface area contributed by atoms with Gasteiger partial charge in [-0.15, -0.1) is 0 Å². The van der Waals surface area contributed by atoms with Crippen molar-refractivity contribution in [1.29, 1.82) is 0 Å². The zero-order chi connectivity index (χ0) is 22.1. The Bertz CT molecular complexity index is 1170. The molecule has 0 saturated heterocycles. The summed E-state index contributed by atoms with van der Waals surface area (Å²) >= 11 is 0. The molecule has 1 aliphatic carbocycles. The molecule has 0 radical (unpaired) electrons. The first kappa shape index (κ1) is 20.1. The molecule has 0 fully saturated rings. The molecule has 2 heterocycles. The first-order chi connectivity index (χ1) is 15.6. The van der Waals surface area contributed by atoms with E-state index in [2.05, 4.69) is 10.4 Å². The molecule has 32 heavy (non-hydrogen) atoms. The summed E-state index contributed by atoms with van der Waals surface area (Å²) in [4.78, 5) is 25.5. The van der Waals surface area contributed by atoms with E-state index in [4.69, 9.17) is 14.2 Å². The summed E-state index contributed by atoms with van der Waals surface area (Å²) in [5.41, 5.74) is 3.64. The highest BCUT2D eigenvalue weighted by atomic mass is 16.6. The van der Waals surface area contributed by atoms with Crippen LogP contribution in [0.2, 0.25) is 0 Å². The Hall–Kier alpha value is -3.81. The molecule has 1 N–H and O–H groups in total. The van der Waals surface area contributed by atoms with Crippen LogP contribution in [0.3, 0.4) is 0 Å². The summed E-state index contributed by atoms with van der Waals surface area (Å²) in [5, 5.41) is 7.28. The number of hydrogen-bond acceptors (Lipinski definition) is 6. The highest BCUT2D eigenvalue weighted by molar-refractivity contribution is 5.97. The molecular weight excluding hydrogens is 410 g/mol. The number of fused-ring (bicyclic) bond motifs is 2. The van der Waals surface area contributed by atoms with Gasteiger partial charge in [0.2, 0.25) is 0 Å². The van der Waals surface area contributed by atoms with Crippen molar-refractivity contribution in [2.45, 2.75) is 32.3 Å². The van der Waals surface area contributed by atoms with Gasteiger partial charge >= 0.3 is 5.97 Å². The van der Waals surface area contributed by atoms with Crippen molar-refractivity contribution < 1.29 is 23.8 Å². The largest absolute Gasteiger partial charge is 0.486 e. The van der Waals surface area contributed by atoms with Gasteiger partial charge in [0.15, 0.2) is 23.3 Å². The number of aromatic nitrogens is 2. The molecule has 0 bridgehead atoms. The van der Waals surface area contributed by atoms with Gasteiger partial charge in [0, 0.05) is 23.0 Å². The van der Waals surface area contributed by atoms with Crippen LogP contribution >= 0.6 is 0 Å². The smallest absolute Gasteiger partial charge is 0.359 e. The number of benzene rings is 2. The second-order valence-electron chi connectivity index (χ2n) is 7.77. The highest BCUT2D eigenvalue weighted by Gasteiger charge is 2.30. The number of hydrogen-bond donors (Lipinski definition) is 1. The molecule has 0 spiro atoms. The molecule has 1 aliphatic heterocycles. The number of carbonyl (C=O) groups excluding carboxylic acids is 2. The lowest BCUT2D eigenvalue weighted by atomic mass is 10.2. The van der Waals surface area contributed by atoms with Crippen LogP contribution < -0.4 is 14.8 Å². The van der Waals surface area contributed by atoms with E-state index in [9.17, 15) is 9.59 Å². The van der Waals surface area contributed by atoms with Gasteiger partial charge in [-0.2, -0.15) is 5.10 Å². The summed E-state index contributed by atoms with van der Waals surface area (Å²) in [6.07, 6.45) is 1.59. The minimum absolute atomic E-state index is 0.278. The minimum Gasteiger partial charge on any atom is -0.486 e. The number of amides is 1. The van der Waals surface area contributed by atoms with E-state index in [0.29, 0.717) is 30.4 Å². The van der Waals surface area contributed by atoms with Gasteiger partial charge in [-0.1, -0.05) is 18.2 Å². The fourth-order valence-electron chi connectivity index (χ4n) is 4.02. The first-order valence-electron chi connectivity index (χ1n) is 10.7. The SMILES string of the molecule is CC(OC(=O)c1nn(-c2ccccc2)c2c1CCC2)C(=O)Nc1ccc2c(c1)OCCO2. The fraction of sp³-hybridized carbons (Fsp3) is 0.292. The highest BCUT2D eigenvalue weighted by Crippen LogP contribution is 2.33. The summed E-state index contributed by atoms with van der Waals surface area (Å²) in [6, 6.07) is 14.8. The maximum atomic E-state index is 12.9. The predicted octanol–water partition coefficient (Wildman–Crippen LogP) is 3.32. The zero-order valence-electron chi connectivity index (χ0n) is 17.7. The van der Waals surface area contributed by atoms with Gasteiger partial charge in [0.1, 0.15) is 13.2 Å². The average molecular weight is 433 g/mol. The van der Waals surface area contributed by atoms with Crippen LogP contribution in [0.15, 0.2) is 48.5 Å². The summed E-state index contributed by atoms with van der Waals surface area (Å²) in [6.45, 7) is 2.49. The molecular formula is C24H23N3O5. The Kier molecular flexibility index (Phi) is 5.26. The molecule has 8 nitrogen and oxygen atoms in total. The van der Waals surface area contributed by atoms with Crippen LogP contribution in [0.1, 0.15) is 35.1 Å². The topological polar surface area (TPSA) is 91.7 Å². The van der Waals surface area contributed by atoms with Crippen LogP contribution in [0.25, 0.3) is 5.69 Å². The Morgan fingerprint density at radius 3 is 2.66 bits per heavy atom. The minimum atomic E-state index is -0.991. The number of nitrogens with zero attached hydrogens (tertiary/aromatic N) is 2. The second-order valence-corrected chi connectivity index (χ2v) is 7.77. The van der Waals surface area contributed by atoms with Gasteiger partial charge in [-0.05, 0) is 50.5 Å². The molecule has 1 unspecified atom stereocenters. The first-order valence-corrected chi connectivity index (χ1v) is 10.7. The molecule has 5 rings (SSSR count). The average Bonchev–Trinajstić information content (AvgIpc) is 3.42. The predicted molar refractivity (Wildman–Crippen MR) is 117 cm³/mol. The Labute approximate surface area is 185 Å². The van der Waals surface area contributed by atoms with Gasteiger partial charge < -0.3 is 19.5 Å². The number of nitrogens with one attached hydrogen (secondary N) is 1. The van der Waals surface area contributed by atoms with Crippen LogP contribution in [0, 0.1) is 0 Å². The van der Waals surface area contributed by atoms with E-state index in [1.165, 1.54) is 0 Å². The van der Waals surface area contributed by atoms with Crippen molar-refractivity contribution in [2.75, 3.05) is 18.5 Å². The third-order valence-corrected chi connectivity index (χ3v) is 5.59. The molecule has 0 saturated carbocycles. The van der Waals surface area contributed by atoms with Gasteiger partial charge in [0.05, 0.1) is 5.69 Å². The Morgan fingerprint density at radius 1 is 1.06 bits per heavy atom. The fourth-order valence-corrected chi connectivity index (χ4v) is 4.02. The number of rotatable bonds is 5. The number of esters is 1. The maximum Gasteiger partial charge on any atom is 0.359 e. The molecule has 1 aromatic heterocycles. The lowest BCUT2D eigenvalue weighted by Crippen LogP contribution is -2.30. The summed E-state index contributed by atoms with van der Waals surface area (Å²) < 4.78 is 18.3. The standard InChI is InChI=1S/C24H23N3O5/c1-15(23(28)25-16-10-11-20-21(14-16)31-13-12-30-20)32-24(29)22-18-8-5-9-19(18)27(26-22)17-6-3-2-4-7-17/h2-4,6-7,10-11,14-15H,5,8-9,12-13H2,1H3,(H,25,28). The lowest BCUT2D eigenvalue weighted by molar-refractivity contribution is -0.123. The molecule has 1 atom stereocenters. The van der Waals surface area contributed by atoms with E-state index < -0.39 is 18.0 Å². The molecule has 2 aliphatic rings. The number of anilines is 1. The third kappa shape index (κ3) is 3.79. The summed E-state index contributed by atoms with van der Waals surface area (Å²) in [5.74, 6) is 0.175. The van der Waals surface area contributed by atoms with Crippen molar-refractivity contribution in [3.63, 3.8) is 0 Å². The van der Waals surface area contributed by atoms with Crippen molar-refractivity contribution >= 4 is 17.6 Å². The van der Waals surface area contributed by atoms with Gasteiger partial charge in [0.25, 0.3) is 5.91 Å². The molecule has 8 heteroatoms. The second kappa shape index (κ2) is 8.37. The van der Waals surface area contributed by atoms with E-state index in [-0.39, 0.29) is 5.69 Å². The van der Waals surface area contributed by atoms with Crippen LogP contribution in [0.4, 0.5) is 5.69 Å². The Balaban J connectivity index is 1.29. The summed E-state index contributed by atoms with van der Waals surface area (Å²) in [7, 11) is 0. The molecule has 1 amide bonds. The van der Waals surface area contributed by atoms with Gasteiger partial charge in [-0.3, -0.25) is 4.79 Å². The van der Waals surface area contributed by atoms with E-state index >= 15 is 0 Å². The monoisotopic (exact) mass is 433 g/mol. The zero-order valence-corrected chi connectivity index (χ0v) is 17.7. The molecule has 3 aromatic rings. The number of ether oxygens (including phenoxy) is 3. The normalized spacial score (nSPS) is 15.0. The Morgan fingerprint density at radius 2 is 1.84 bits per heavy atom. The third-order valence-electron chi connectivity index (χ3n) is 5.59. The van der Waals surface area contributed by atoms with Crippen LogP contribution in [0.5, 0.6) is 11.5 Å². The lowest BCUT2D eigenvalue weighted by Gasteiger charge is -2.19. The van der Waals surface area contributed by atoms with Crippen molar-refractivity contribution in [3.8, 4) is 17.2 Å². The van der Waals surface area contributed by atoms with Crippen molar-refractivity contribution in [3.05, 3.63) is 65.5 Å². The maximum absolute atomic E-state index is 12.9. The van der Waals surface area contributed by atoms with E-state index in [1.807, 2.05) is 30.3 Å². The van der Waals surface area contributed by atoms with Crippen LogP contribution in [-0.4, -0.2) is 41.0 Å².